The standard InChI is InChI=1S/C19H27N3O4/c1-2-26-17-13-25-12-16(17)21-19(24)20-15-8-6-7-14(11-15)18(23)22-9-4-3-5-10-22/h6-8,11,16-17H,2-5,9-10,12-13H2,1H3,(H2,20,21,24)/t16-,17-/m0/s1. The molecular formula is C19H27N3O4. The number of urea groups is 1. The van der Waals surface area contributed by atoms with Gasteiger partial charge in [0.1, 0.15) is 6.10 Å². The van der Waals surface area contributed by atoms with Gasteiger partial charge in [-0.05, 0) is 44.4 Å². The van der Waals surface area contributed by atoms with Gasteiger partial charge in [0, 0.05) is 30.9 Å². The first-order valence-electron chi connectivity index (χ1n) is 9.33. The van der Waals surface area contributed by atoms with Crippen LogP contribution in [0.1, 0.15) is 36.5 Å². The maximum atomic E-state index is 12.6. The number of hydrogen-bond donors (Lipinski definition) is 2. The molecule has 142 valence electrons. The molecule has 0 aromatic heterocycles. The van der Waals surface area contributed by atoms with Crippen molar-refractivity contribution < 1.29 is 19.1 Å². The summed E-state index contributed by atoms with van der Waals surface area (Å²) in [6.45, 7) is 5.02. The highest BCUT2D eigenvalue weighted by Gasteiger charge is 2.30. The Kier molecular flexibility index (Phi) is 6.46. The maximum absolute atomic E-state index is 12.6. The van der Waals surface area contributed by atoms with Crippen molar-refractivity contribution in [2.24, 2.45) is 0 Å². The Labute approximate surface area is 154 Å². The smallest absolute Gasteiger partial charge is 0.319 e. The van der Waals surface area contributed by atoms with E-state index < -0.39 is 0 Å². The van der Waals surface area contributed by atoms with E-state index in [0.717, 1.165) is 25.9 Å². The summed E-state index contributed by atoms with van der Waals surface area (Å²) in [5, 5.41) is 5.68. The zero-order chi connectivity index (χ0) is 18.4. The molecular weight excluding hydrogens is 334 g/mol. The van der Waals surface area contributed by atoms with Crippen molar-refractivity contribution in [2.45, 2.75) is 38.3 Å². The Balaban J connectivity index is 1.57. The van der Waals surface area contributed by atoms with Gasteiger partial charge in [-0.1, -0.05) is 6.07 Å². The van der Waals surface area contributed by atoms with Crippen molar-refractivity contribution in [2.75, 3.05) is 38.2 Å². The first-order valence-corrected chi connectivity index (χ1v) is 9.33. The molecule has 2 N–H and O–H groups in total. The van der Waals surface area contributed by atoms with Crippen molar-refractivity contribution in [3.63, 3.8) is 0 Å². The number of rotatable bonds is 5. The first kappa shape index (κ1) is 18.7. The fourth-order valence-corrected chi connectivity index (χ4v) is 3.39. The molecule has 3 rings (SSSR count). The van der Waals surface area contributed by atoms with Gasteiger partial charge in [-0.3, -0.25) is 4.79 Å². The molecule has 0 spiro atoms. The summed E-state index contributed by atoms with van der Waals surface area (Å²) in [7, 11) is 0. The van der Waals surface area contributed by atoms with E-state index in [0.29, 0.717) is 31.1 Å². The number of hydrogen-bond acceptors (Lipinski definition) is 4. The minimum atomic E-state index is -0.326. The highest BCUT2D eigenvalue weighted by molar-refractivity contribution is 5.97. The van der Waals surface area contributed by atoms with E-state index >= 15 is 0 Å². The molecule has 1 aromatic rings. The minimum absolute atomic E-state index is 0.0226. The second-order valence-corrected chi connectivity index (χ2v) is 6.67. The highest BCUT2D eigenvalue weighted by Crippen LogP contribution is 2.17. The Bertz CT molecular complexity index is 631. The molecule has 2 aliphatic heterocycles. The van der Waals surface area contributed by atoms with E-state index in [1.807, 2.05) is 11.8 Å². The molecule has 2 aliphatic rings. The number of amides is 3. The summed E-state index contributed by atoms with van der Waals surface area (Å²) in [4.78, 5) is 26.7. The number of carbonyl (C=O) groups is 2. The summed E-state index contributed by atoms with van der Waals surface area (Å²) in [6.07, 6.45) is 3.16. The Morgan fingerprint density at radius 3 is 2.81 bits per heavy atom. The quantitative estimate of drug-likeness (QED) is 0.843. The molecule has 0 unspecified atom stereocenters. The van der Waals surface area contributed by atoms with Crippen LogP contribution in [-0.4, -0.2) is 61.9 Å². The zero-order valence-corrected chi connectivity index (χ0v) is 15.2. The van der Waals surface area contributed by atoms with E-state index in [1.54, 1.807) is 24.3 Å². The lowest BCUT2D eigenvalue weighted by atomic mass is 10.1. The van der Waals surface area contributed by atoms with Crippen molar-refractivity contribution in [3.8, 4) is 0 Å². The first-order chi connectivity index (χ1) is 12.7. The summed E-state index contributed by atoms with van der Waals surface area (Å²) in [6, 6.07) is 6.57. The number of ether oxygens (including phenoxy) is 2. The second-order valence-electron chi connectivity index (χ2n) is 6.67. The van der Waals surface area contributed by atoms with Crippen molar-refractivity contribution in [1.82, 2.24) is 10.2 Å². The van der Waals surface area contributed by atoms with Crippen LogP contribution in [0, 0.1) is 0 Å². The molecule has 26 heavy (non-hydrogen) atoms. The minimum Gasteiger partial charge on any atom is -0.376 e. The number of nitrogens with one attached hydrogen (secondary N) is 2. The van der Waals surface area contributed by atoms with Crippen LogP contribution in [0.15, 0.2) is 24.3 Å². The van der Waals surface area contributed by atoms with Crippen LogP contribution in [0.5, 0.6) is 0 Å². The molecule has 2 heterocycles. The van der Waals surface area contributed by atoms with Gasteiger partial charge in [0.05, 0.1) is 19.3 Å². The van der Waals surface area contributed by atoms with Gasteiger partial charge in [0.2, 0.25) is 0 Å². The predicted octanol–water partition coefficient (Wildman–Crippen LogP) is 2.24. The molecule has 0 saturated carbocycles. The molecule has 0 bridgehead atoms. The SMILES string of the molecule is CCO[C@H]1COC[C@@H]1NC(=O)Nc1cccc(C(=O)N2CCCCC2)c1. The molecule has 1 aromatic carbocycles. The Morgan fingerprint density at radius 1 is 1.23 bits per heavy atom. The highest BCUT2D eigenvalue weighted by atomic mass is 16.5. The van der Waals surface area contributed by atoms with Crippen LogP contribution in [0.25, 0.3) is 0 Å². The van der Waals surface area contributed by atoms with E-state index in [-0.39, 0.29) is 24.1 Å². The Morgan fingerprint density at radius 2 is 2.04 bits per heavy atom. The van der Waals surface area contributed by atoms with Gasteiger partial charge in [0.25, 0.3) is 5.91 Å². The largest absolute Gasteiger partial charge is 0.376 e. The Hall–Kier alpha value is -2.12. The van der Waals surface area contributed by atoms with E-state index in [2.05, 4.69) is 10.6 Å². The second kappa shape index (κ2) is 9.00. The topological polar surface area (TPSA) is 79.9 Å². The number of anilines is 1. The zero-order valence-electron chi connectivity index (χ0n) is 15.2. The van der Waals surface area contributed by atoms with E-state index in [4.69, 9.17) is 9.47 Å². The van der Waals surface area contributed by atoms with Crippen LogP contribution in [0.3, 0.4) is 0 Å². The van der Waals surface area contributed by atoms with Crippen LogP contribution in [0.4, 0.5) is 10.5 Å². The van der Waals surface area contributed by atoms with Crippen molar-refractivity contribution in [1.29, 1.82) is 0 Å². The van der Waals surface area contributed by atoms with E-state index in [1.165, 1.54) is 6.42 Å². The van der Waals surface area contributed by atoms with Gasteiger partial charge in [-0.25, -0.2) is 4.79 Å². The van der Waals surface area contributed by atoms with Crippen molar-refractivity contribution in [3.05, 3.63) is 29.8 Å². The van der Waals surface area contributed by atoms with E-state index in [9.17, 15) is 9.59 Å². The lowest BCUT2D eigenvalue weighted by molar-refractivity contribution is 0.0428. The third-order valence-electron chi connectivity index (χ3n) is 4.74. The number of carbonyl (C=O) groups excluding carboxylic acids is 2. The number of nitrogens with zero attached hydrogens (tertiary/aromatic N) is 1. The molecule has 3 amide bonds. The number of likely N-dealkylation sites (tertiary alicyclic amines) is 1. The fraction of sp³-hybridized carbons (Fsp3) is 0.579. The molecule has 7 heteroatoms. The molecule has 2 atom stereocenters. The third-order valence-corrected chi connectivity index (χ3v) is 4.74. The van der Waals surface area contributed by atoms with Crippen LogP contribution >= 0.6 is 0 Å². The molecule has 2 fully saturated rings. The monoisotopic (exact) mass is 361 g/mol. The lowest BCUT2D eigenvalue weighted by Gasteiger charge is -2.26. The summed E-state index contributed by atoms with van der Waals surface area (Å²) >= 11 is 0. The average Bonchev–Trinajstić information content (AvgIpc) is 3.09. The molecule has 0 radical (unpaired) electrons. The molecule has 7 nitrogen and oxygen atoms in total. The van der Waals surface area contributed by atoms with Gasteiger partial charge >= 0.3 is 6.03 Å². The van der Waals surface area contributed by atoms with Gasteiger partial charge in [-0.15, -0.1) is 0 Å². The van der Waals surface area contributed by atoms with Gasteiger partial charge in [-0.2, -0.15) is 0 Å². The van der Waals surface area contributed by atoms with Crippen molar-refractivity contribution >= 4 is 17.6 Å². The summed E-state index contributed by atoms with van der Waals surface area (Å²) in [5.74, 6) is 0.0226. The predicted molar refractivity (Wildman–Crippen MR) is 98.4 cm³/mol. The molecule has 0 aliphatic carbocycles. The van der Waals surface area contributed by atoms with Gasteiger partial charge < -0.3 is 25.0 Å². The number of benzene rings is 1. The maximum Gasteiger partial charge on any atom is 0.319 e. The lowest BCUT2D eigenvalue weighted by Crippen LogP contribution is -2.45. The van der Waals surface area contributed by atoms with Gasteiger partial charge in [0.15, 0.2) is 0 Å². The third kappa shape index (κ3) is 4.74. The summed E-state index contributed by atoms with van der Waals surface area (Å²) in [5.41, 5.74) is 1.19. The van der Waals surface area contributed by atoms with Crippen LogP contribution < -0.4 is 10.6 Å². The average molecular weight is 361 g/mol. The van der Waals surface area contributed by atoms with Crippen LogP contribution in [-0.2, 0) is 9.47 Å². The number of piperidine rings is 1. The molecule has 2 saturated heterocycles. The fourth-order valence-electron chi connectivity index (χ4n) is 3.39. The summed E-state index contributed by atoms with van der Waals surface area (Å²) < 4.78 is 10.9. The normalized spacial score (nSPS) is 22.9. The van der Waals surface area contributed by atoms with Crippen LogP contribution in [0.2, 0.25) is 0 Å².